The van der Waals surface area contributed by atoms with Gasteiger partial charge >= 0.3 is 0 Å². The van der Waals surface area contributed by atoms with Crippen molar-refractivity contribution in [1.82, 2.24) is 9.55 Å². The van der Waals surface area contributed by atoms with Gasteiger partial charge in [-0.2, -0.15) is 0 Å². The van der Waals surface area contributed by atoms with E-state index >= 15 is 0 Å². The first-order chi connectivity index (χ1) is 7.07. The summed E-state index contributed by atoms with van der Waals surface area (Å²) < 4.78 is 7.45. The zero-order chi connectivity index (χ0) is 11.3. The summed E-state index contributed by atoms with van der Waals surface area (Å²) in [5.41, 5.74) is 6.46. The lowest BCUT2D eigenvalue weighted by molar-refractivity contribution is 0.0120. The Labute approximate surface area is 91.4 Å². The monoisotopic (exact) mass is 211 g/mol. The molecule has 0 atom stereocenters. The van der Waals surface area contributed by atoms with Crippen LogP contribution in [0.5, 0.6) is 0 Å². The molecule has 0 aliphatic heterocycles. The summed E-state index contributed by atoms with van der Waals surface area (Å²) in [7, 11) is 1.74. The lowest BCUT2D eigenvalue weighted by atomic mass is 10.1. The quantitative estimate of drug-likeness (QED) is 0.769. The maximum atomic E-state index is 5.47. The SMILES string of the molecule is COC(C)(C)CCn1cnc(CCN)c1. The standard InChI is InChI=1S/C11H21N3O/c1-11(2,15-3)5-7-14-8-10(4-6-12)13-9-14/h8-9H,4-7,12H2,1-3H3. The van der Waals surface area contributed by atoms with Crippen LogP contribution in [-0.2, 0) is 17.7 Å². The summed E-state index contributed by atoms with van der Waals surface area (Å²) >= 11 is 0. The van der Waals surface area contributed by atoms with Gasteiger partial charge in [0.2, 0.25) is 0 Å². The minimum Gasteiger partial charge on any atom is -0.379 e. The van der Waals surface area contributed by atoms with Gasteiger partial charge in [-0.05, 0) is 26.8 Å². The van der Waals surface area contributed by atoms with Gasteiger partial charge in [-0.25, -0.2) is 4.98 Å². The van der Waals surface area contributed by atoms with Crippen LogP contribution in [0.3, 0.4) is 0 Å². The molecule has 1 aromatic heterocycles. The maximum Gasteiger partial charge on any atom is 0.0949 e. The second-order valence-corrected chi connectivity index (χ2v) is 4.36. The minimum absolute atomic E-state index is 0.0711. The predicted octanol–water partition coefficient (Wildman–Crippen LogP) is 1.20. The molecule has 15 heavy (non-hydrogen) atoms. The van der Waals surface area contributed by atoms with Gasteiger partial charge in [-0.15, -0.1) is 0 Å². The number of imidazole rings is 1. The first kappa shape index (κ1) is 12.2. The smallest absolute Gasteiger partial charge is 0.0949 e. The molecule has 0 saturated heterocycles. The average molecular weight is 211 g/mol. The van der Waals surface area contributed by atoms with E-state index in [-0.39, 0.29) is 5.60 Å². The van der Waals surface area contributed by atoms with Gasteiger partial charge in [0.1, 0.15) is 0 Å². The molecule has 0 saturated carbocycles. The van der Waals surface area contributed by atoms with Crippen LogP contribution < -0.4 is 5.73 Å². The number of nitrogens with zero attached hydrogens (tertiary/aromatic N) is 2. The Morgan fingerprint density at radius 3 is 2.87 bits per heavy atom. The van der Waals surface area contributed by atoms with Crippen LogP contribution in [0.4, 0.5) is 0 Å². The molecule has 0 aliphatic carbocycles. The van der Waals surface area contributed by atoms with Gasteiger partial charge in [0.05, 0.1) is 17.6 Å². The molecule has 0 fully saturated rings. The highest BCUT2D eigenvalue weighted by Gasteiger charge is 2.15. The number of aryl methyl sites for hydroxylation is 1. The molecule has 2 N–H and O–H groups in total. The highest BCUT2D eigenvalue weighted by atomic mass is 16.5. The third kappa shape index (κ3) is 4.01. The minimum atomic E-state index is -0.0711. The van der Waals surface area contributed by atoms with Gasteiger partial charge in [-0.1, -0.05) is 0 Å². The molecule has 0 spiro atoms. The number of ether oxygens (including phenoxy) is 1. The van der Waals surface area contributed by atoms with E-state index in [2.05, 4.69) is 29.6 Å². The van der Waals surface area contributed by atoms with Crippen LogP contribution in [0.1, 0.15) is 26.0 Å². The second-order valence-electron chi connectivity index (χ2n) is 4.36. The number of aromatic nitrogens is 2. The second kappa shape index (κ2) is 5.28. The number of hydrogen-bond donors (Lipinski definition) is 1. The molecule has 86 valence electrons. The van der Waals surface area contributed by atoms with Gasteiger partial charge < -0.3 is 15.0 Å². The predicted molar refractivity (Wildman–Crippen MR) is 60.7 cm³/mol. The maximum absolute atomic E-state index is 5.47. The Kier molecular flexibility index (Phi) is 4.29. The van der Waals surface area contributed by atoms with Crippen LogP contribution in [0.2, 0.25) is 0 Å². The van der Waals surface area contributed by atoms with Crippen LogP contribution in [0.15, 0.2) is 12.5 Å². The third-order valence-corrected chi connectivity index (χ3v) is 2.61. The third-order valence-electron chi connectivity index (χ3n) is 2.61. The van der Waals surface area contributed by atoms with Crippen molar-refractivity contribution in [1.29, 1.82) is 0 Å². The van der Waals surface area contributed by atoms with E-state index in [1.807, 2.05) is 6.33 Å². The Hall–Kier alpha value is -0.870. The van der Waals surface area contributed by atoms with Crippen molar-refractivity contribution < 1.29 is 4.74 Å². The number of methoxy groups -OCH3 is 1. The molecule has 0 bridgehead atoms. The molecule has 0 unspecified atom stereocenters. The average Bonchev–Trinajstić information content (AvgIpc) is 2.64. The fraction of sp³-hybridized carbons (Fsp3) is 0.727. The Balaban J connectivity index is 2.44. The number of rotatable bonds is 6. The van der Waals surface area contributed by atoms with Crippen molar-refractivity contribution in [3.05, 3.63) is 18.2 Å². The lowest BCUT2D eigenvalue weighted by Gasteiger charge is -2.22. The largest absolute Gasteiger partial charge is 0.379 e. The van der Waals surface area contributed by atoms with E-state index < -0.39 is 0 Å². The van der Waals surface area contributed by atoms with Crippen LogP contribution in [0.25, 0.3) is 0 Å². The van der Waals surface area contributed by atoms with E-state index in [9.17, 15) is 0 Å². The zero-order valence-corrected chi connectivity index (χ0v) is 9.86. The van der Waals surface area contributed by atoms with Gasteiger partial charge in [0.25, 0.3) is 0 Å². The summed E-state index contributed by atoms with van der Waals surface area (Å²) in [6.45, 7) is 5.76. The van der Waals surface area contributed by atoms with E-state index in [0.29, 0.717) is 6.54 Å². The molecule has 1 rings (SSSR count). The van der Waals surface area contributed by atoms with E-state index in [1.54, 1.807) is 7.11 Å². The highest BCUT2D eigenvalue weighted by molar-refractivity contribution is 4.97. The highest BCUT2D eigenvalue weighted by Crippen LogP contribution is 2.14. The molecule has 0 aromatic carbocycles. The van der Waals surface area contributed by atoms with Gasteiger partial charge in [0.15, 0.2) is 0 Å². The molecule has 1 heterocycles. The van der Waals surface area contributed by atoms with Crippen molar-refractivity contribution in [3.63, 3.8) is 0 Å². The molecular weight excluding hydrogens is 190 g/mol. The first-order valence-corrected chi connectivity index (χ1v) is 5.33. The fourth-order valence-electron chi connectivity index (χ4n) is 1.31. The van der Waals surface area contributed by atoms with Crippen molar-refractivity contribution in [2.45, 2.75) is 38.8 Å². The summed E-state index contributed by atoms with van der Waals surface area (Å²) in [6.07, 6.45) is 5.73. The Morgan fingerprint density at radius 1 is 1.53 bits per heavy atom. The van der Waals surface area contributed by atoms with Crippen LogP contribution in [-0.4, -0.2) is 28.8 Å². The molecule has 0 amide bonds. The normalized spacial score (nSPS) is 12.0. The first-order valence-electron chi connectivity index (χ1n) is 5.33. The molecule has 4 nitrogen and oxygen atoms in total. The van der Waals surface area contributed by atoms with Crippen molar-refractivity contribution >= 4 is 0 Å². The number of hydrogen-bond acceptors (Lipinski definition) is 3. The summed E-state index contributed by atoms with van der Waals surface area (Å²) in [4.78, 5) is 4.27. The zero-order valence-electron chi connectivity index (χ0n) is 9.86. The topological polar surface area (TPSA) is 53.1 Å². The molecule has 1 aromatic rings. The summed E-state index contributed by atoms with van der Waals surface area (Å²) in [6, 6.07) is 0. The van der Waals surface area contributed by atoms with E-state index in [0.717, 1.165) is 25.1 Å². The van der Waals surface area contributed by atoms with Crippen LogP contribution in [0, 0.1) is 0 Å². The Bertz CT molecular complexity index is 294. The van der Waals surface area contributed by atoms with E-state index in [4.69, 9.17) is 10.5 Å². The fourth-order valence-corrected chi connectivity index (χ4v) is 1.31. The van der Waals surface area contributed by atoms with E-state index in [1.165, 1.54) is 0 Å². The van der Waals surface area contributed by atoms with Crippen molar-refractivity contribution in [2.75, 3.05) is 13.7 Å². The van der Waals surface area contributed by atoms with Crippen molar-refractivity contribution in [2.24, 2.45) is 5.73 Å². The van der Waals surface area contributed by atoms with Gasteiger partial charge in [0, 0.05) is 26.3 Å². The molecular formula is C11H21N3O. The van der Waals surface area contributed by atoms with Crippen LogP contribution >= 0.6 is 0 Å². The van der Waals surface area contributed by atoms with Crippen molar-refractivity contribution in [3.8, 4) is 0 Å². The van der Waals surface area contributed by atoms with Gasteiger partial charge in [-0.3, -0.25) is 0 Å². The lowest BCUT2D eigenvalue weighted by Crippen LogP contribution is -2.24. The molecule has 0 aliphatic rings. The summed E-state index contributed by atoms with van der Waals surface area (Å²) in [5.74, 6) is 0. The molecule has 4 heteroatoms. The number of nitrogens with two attached hydrogens (primary N) is 1. The summed E-state index contributed by atoms with van der Waals surface area (Å²) in [5, 5.41) is 0. The molecule has 0 radical (unpaired) electrons. The Morgan fingerprint density at radius 2 is 2.27 bits per heavy atom.